The number of benzene rings is 1. The molecule has 6 nitrogen and oxygen atoms in total. The first kappa shape index (κ1) is 20.4. The molecule has 0 heterocycles. The van der Waals surface area contributed by atoms with Gasteiger partial charge in [0.1, 0.15) is 5.84 Å². The van der Waals surface area contributed by atoms with Crippen molar-refractivity contribution >= 4 is 17.4 Å². The molecule has 3 N–H and O–H groups in total. The number of aliphatic hydroxyl groups excluding tert-OH is 1. The van der Waals surface area contributed by atoms with Crippen LogP contribution in [0.15, 0.2) is 23.2 Å². The first-order chi connectivity index (χ1) is 12.4. The van der Waals surface area contributed by atoms with Crippen molar-refractivity contribution in [2.24, 2.45) is 10.7 Å². The number of carbonyl (C=O) groups excluding carboxylic acids is 1. The van der Waals surface area contributed by atoms with Gasteiger partial charge in [0.15, 0.2) is 0 Å². The SMILES string of the molecule is CCCCCOCCN(C)C(C)=Nc1ccc2c(c1)C(C(N)=O)C(O)C2. The number of aliphatic hydroxyl groups is 1. The first-order valence-corrected chi connectivity index (χ1v) is 9.38. The summed E-state index contributed by atoms with van der Waals surface area (Å²) < 4.78 is 5.64. The second kappa shape index (κ2) is 9.69. The number of likely N-dealkylation sites (N-methyl/N-ethyl adjacent to an activating group) is 1. The lowest BCUT2D eigenvalue weighted by Gasteiger charge is -2.19. The molecule has 2 atom stereocenters. The van der Waals surface area contributed by atoms with E-state index in [2.05, 4.69) is 11.9 Å². The van der Waals surface area contributed by atoms with Crippen LogP contribution >= 0.6 is 0 Å². The Labute approximate surface area is 156 Å². The molecule has 2 rings (SSSR count). The smallest absolute Gasteiger partial charge is 0.227 e. The molecule has 0 spiro atoms. The summed E-state index contributed by atoms with van der Waals surface area (Å²) in [4.78, 5) is 18.3. The Morgan fingerprint density at radius 2 is 2.15 bits per heavy atom. The highest BCUT2D eigenvalue weighted by molar-refractivity contribution is 5.85. The molecule has 144 valence electrons. The minimum absolute atomic E-state index is 0.460. The summed E-state index contributed by atoms with van der Waals surface area (Å²) in [6, 6.07) is 5.69. The fraction of sp³-hybridized carbons (Fsp3) is 0.600. The molecule has 1 amide bonds. The molecule has 2 unspecified atom stereocenters. The summed E-state index contributed by atoms with van der Waals surface area (Å²) in [5.41, 5.74) is 7.96. The second-order valence-electron chi connectivity index (χ2n) is 6.93. The number of nitrogens with zero attached hydrogens (tertiary/aromatic N) is 2. The van der Waals surface area contributed by atoms with E-state index >= 15 is 0 Å². The highest BCUT2D eigenvalue weighted by Gasteiger charge is 2.35. The Bertz CT molecular complexity index is 645. The molecule has 26 heavy (non-hydrogen) atoms. The Kier molecular flexibility index (Phi) is 7.60. The van der Waals surface area contributed by atoms with E-state index in [9.17, 15) is 9.90 Å². The largest absolute Gasteiger partial charge is 0.392 e. The molecular formula is C20H31N3O3. The maximum atomic E-state index is 11.6. The highest BCUT2D eigenvalue weighted by Crippen LogP contribution is 2.35. The summed E-state index contributed by atoms with van der Waals surface area (Å²) in [6.45, 7) is 6.38. The minimum atomic E-state index is -0.740. The van der Waals surface area contributed by atoms with Gasteiger partial charge in [0.2, 0.25) is 5.91 Å². The van der Waals surface area contributed by atoms with Gasteiger partial charge in [-0.2, -0.15) is 0 Å². The summed E-state index contributed by atoms with van der Waals surface area (Å²) in [5.74, 6) is -0.266. The van der Waals surface area contributed by atoms with Gasteiger partial charge in [-0.05, 0) is 43.0 Å². The molecule has 0 radical (unpaired) electrons. The second-order valence-corrected chi connectivity index (χ2v) is 6.93. The predicted molar refractivity (Wildman–Crippen MR) is 104 cm³/mol. The van der Waals surface area contributed by atoms with E-state index < -0.39 is 17.9 Å². The number of unbranched alkanes of at least 4 members (excludes halogenated alkanes) is 2. The number of hydrogen-bond donors (Lipinski definition) is 2. The van der Waals surface area contributed by atoms with Crippen LogP contribution in [0.3, 0.4) is 0 Å². The number of nitrogens with two attached hydrogens (primary N) is 1. The fourth-order valence-corrected chi connectivity index (χ4v) is 3.21. The summed E-state index contributed by atoms with van der Waals surface area (Å²) in [5, 5.41) is 10.1. The number of amidine groups is 1. The lowest BCUT2D eigenvalue weighted by molar-refractivity contribution is -0.121. The molecule has 0 saturated heterocycles. The van der Waals surface area contributed by atoms with Crippen LogP contribution in [0.25, 0.3) is 0 Å². The first-order valence-electron chi connectivity index (χ1n) is 9.38. The van der Waals surface area contributed by atoms with Crippen LogP contribution in [0, 0.1) is 0 Å². The summed E-state index contributed by atoms with van der Waals surface area (Å²) in [7, 11) is 1.98. The number of carbonyl (C=O) groups is 1. The van der Waals surface area contributed by atoms with E-state index in [-0.39, 0.29) is 0 Å². The maximum absolute atomic E-state index is 11.6. The van der Waals surface area contributed by atoms with Gasteiger partial charge in [-0.15, -0.1) is 0 Å². The predicted octanol–water partition coefficient (Wildman–Crippen LogP) is 2.36. The van der Waals surface area contributed by atoms with Crippen molar-refractivity contribution in [2.45, 2.75) is 51.6 Å². The van der Waals surface area contributed by atoms with Gasteiger partial charge in [-0.1, -0.05) is 25.8 Å². The molecule has 0 fully saturated rings. The third-order valence-electron chi connectivity index (χ3n) is 4.89. The number of hydrogen-bond acceptors (Lipinski definition) is 4. The van der Waals surface area contributed by atoms with Crippen molar-refractivity contribution in [1.82, 2.24) is 4.90 Å². The Hall–Kier alpha value is -1.92. The highest BCUT2D eigenvalue weighted by atomic mass is 16.5. The number of fused-ring (bicyclic) bond motifs is 1. The monoisotopic (exact) mass is 361 g/mol. The molecule has 6 heteroatoms. The van der Waals surface area contributed by atoms with E-state index in [4.69, 9.17) is 10.5 Å². The van der Waals surface area contributed by atoms with Gasteiger partial charge in [-0.3, -0.25) is 4.79 Å². The Balaban J connectivity index is 1.95. The zero-order valence-electron chi connectivity index (χ0n) is 16.1. The third-order valence-corrected chi connectivity index (χ3v) is 4.89. The number of primary amides is 1. The molecular weight excluding hydrogens is 330 g/mol. The number of rotatable bonds is 9. The van der Waals surface area contributed by atoms with Crippen LogP contribution in [0.5, 0.6) is 0 Å². The van der Waals surface area contributed by atoms with Crippen LogP contribution in [0.2, 0.25) is 0 Å². The normalized spacial score (nSPS) is 19.5. The Morgan fingerprint density at radius 1 is 1.38 bits per heavy atom. The Morgan fingerprint density at radius 3 is 2.85 bits per heavy atom. The molecule has 1 aromatic rings. The van der Waals surface area contributed by atoms with E-state index in [0.29, 0.717) is 13.0 Å². The van der Waals surface area contributed by atoms with Crippen LogP contribution in [-0.4, -0.2) is 54.7 Å². The van der Waals surface area contributed by atoms with Gasteiger partial charge in [0.25, 0.3) is 0 Å². The number of amides is 1. The van der Waals surface area contributed by atoms with E-state index in [1.807, 2.05) is 37.1 Å². The molecule has 1 aromatic carbocycles. The standard InChI is InChI=1S/C20H31N3O3/c1-4-5-6-10-26-11-9-23(3)14(2)22-16-8-7-15-12-18(24)19(20(21)25)17(15)13-16/h7-8,13,18-19,24H,4-6,9-12H2,1-3H3,(H2,21,25). The van der Waals surface area contributed by atoms with Crippen molar-refractivity contribution < 1.29 is 14.6 Å². The summed E-state index contributed by atoms with van der Waals surface area (Å²) in [6.07, 6.45) is 3.23. The quantitative estimate of drug-likeness (QED) is 0.401. The average molecular weight is 361 g/mol. The third kappa shape index (κ3) is 5.29. The minimum Gasteiger partial charge on any atom is -0.392 e. The van der Waals surface area contributed by atoms with Gasteiger partial charge in [0, 0.05) is 20.2 Å². The van der Waals surface area contributed by atoms with Crippen molar-refractivity contribution in [2.75, 3.05) is 26.8 Å². The van der Waals surface area contributed by atoms with Gasteiger partial charge in [0.05, 0.1) is 24.3 Å². The lowest BCUT2D eigenvalue weighted by Crippen LogP contribution is -2.28. The van der Waals surface area contributed by atoms with Crippen molar-refractivity contribution in [3.63, 3.8) is 0 Å². The fourth-order valence-electron chi connectivity index (χ4n) is 3.21. The van der Waals surface area contributed by atoms with Crippen molar-refractivity contribution in [1.29, 1.82) is 0 Å². The number of ether oxygens (including phenoxy) is 1. The van der Waals surface area contributed by atoms with Crippen molar-refractivity contribution in [3.8, 4) is 0 Å². The van der Waals surface area contributed by atoms with Crippen LogP contribution < -0.4 is 5.73 Å². The van der Waals surface area contributed by atoms with Gasteiger partial charge < -0.3 is 20.5 Å². The maximum Gasteiger partial charge on any atom is 0.227 e. The van der Waals surface area contributed by atoms with Crippen LogP contribution in [0.4, 0.5) is 5.69 Å². The zero-order chi connectivity index (χ0) is 19.1. The van der Waals surface area contributed by atoms with Gasteiger partial charge in [-0.25, -0.2) is 4.99 Å². The molecule has 0 aliphatic heterocycles. The van der Waals surface area contributed by atoms with Crippen LogP contribution in [0.1, 0.15) is 50.2 Å². The van der Waals surface area contributed by atoms with E-state index in [1.165, 1.54) is 12.8 Å². The molecule has 0 aromatic heterocycles. The molecule has 1 aliphatic carbocycles. The average Bonchev–Trinajstić information content (AvgIpc) is 2.92. The van der Waals surface area contributed by atoms with Crippen molar-refractivity contribution in [3.05, 3.63) is 29.3 Å². The molecule has 0 saturated carbocycles. The topological polar surface area (TPSA) is 88.1 Å². The molecule has 1 aliphatic rings. The van der Waals surface area contributed by atoms with E-state index in [1.54, 1.807) is 0 Å². The zero-order valence-corrected chi connectivity index (χ0v) is 16.1. The van der Waals surface area contributed by atoms with Gasteiger partial charge >= 0.3 is 0 Å². The van der Waals surface area contributed by atoms with Crippen LogP contribution in [-0.2, 0) is 16.0 Å². The van der Waals surface area contributed by atoms with E-state index in [0.717, 1.165) is 42.2 Å². The summed E-state index contributed by atoms with van der Waals surface area (Å²) >= 11 is 0. The molecule has 0 bridgehead atoms. The lowest BCUT2D eigenvalue weighted by atomic mass is 9.99. The number of aliphatic imine (C=N–C) groups is 1.